The molecule has 7 nitrogen and oxygen atoms in total. The van der Waals surface area contributed by atoms with Crippen molar-refractivity contribution in [1.29, 1.82) is 0 Å². The lowest BCUT2D eigenvalue weighted by Gasteiger charge is -2.14. The standard InChI is InChI=1S/C10H13N3O4/c1-5-8(15)6(4-14)17-9(5)13-3-2-7(11)12-10(13)16/h2-3,6,8-9,14-15H,1,4H2,(H2,11,12,16)/t6-,8-,9-/m0/s1. The minimum Gasteiger partial charge on any atom is -0.394 e. The number of nitrogens with zero attached hydrogens (tertiary/aromatic N) is 2. The second kappa shape index (κ2) is 4.28. The Hall–Kier alpha value is -1.70. The van der Waals surface area contributed by atoms with Gasteiger partial charge in [-0.15, -0.1) is 0 Å². The lowest BCUT2D eigenvalue weighted by molar-refractivity contribution is -0.0447. The van der Waals surface area contributed by atoms with Crippen LogP contribution in [0.2, 0.25) is 0 Å². The Labute approximate surface area is 96.8 Å². The van der Waals surface area contributed by atoms with Crippen molar-refractivity contribution >= 4 is 5.82 Å². The maximum Gasteiger partial charge on any atom is 0.351 e. The topological polar surface area (TPSA) is 111 Å². The lowest BCUT2D eigenvalue weighted by Crippen LogP contribution is -2.28. The first kappa shape index (κ1) is 11.8. The number of ether oxygens (including phenoxy) is 1. The molecule has 1 aliphatic heterocycles. The molecule has 1 aliphatic rings. The van der Waals surface area contributed by atoms with Crippen LogP contribution in [0.25, 0.3) is 0 Å². The second-order valence-corrected chi connectivity index (χ2v) is 3.77. The first-order valence-electron chi connectivity index (χ1n) is 5.02. The Morgan fingerprint density at radius 1 is 1.65 bits per heavy atom. The summed E-state index contributed by atoms with van der Waals surface area (Å²) >= 11 is 0. The molecule has 0 saturated carbocycles. The van der Waals surface area contributed by atoms with E-state index in [4.69, 9.17) is 15.6 Å². The van der Waals surface area contributed by atoms with Gasteiger partial charge in [-0.3, -0.25) is 4.57 Å². The van der Waals surface area contributed by atoms with E-state index in [2.05, 4.69) is 11.6 Å². The molecule has 2 rings (SSSR count). The summed E-state index contributed by atoms with van der Waals surface area (Å²) in [4.78, 5) is 15.1. The second-order valence-electron chi connectivity index (χ2n) is 3.77. The number of hydrogen-bond acceptors (Lipinski definition) is 6. The van der Waals surface area contributed by atoms with Gasteiger partial charge in [0.2, 0.25) is 0 Å². The summed E-state index contributed by atoms with van der Waals surface area (Å²) in [5.74, 6) is 0.106. The summed E-state index contributed by atoms with van der Waals surface area (Å²) in [6.07, 6.45) is -1.21. The van der Waals surface area contributed by atoms with E-state index in [0.717, 1.165) is 4.57 Å². The van der Waals surface area contributed by atoms with Crippen molar-refractivity contribution in [3.63, 3.8) is 0 Å². The Bertz CT molecular complexity index is 499. The maximum atomic E-state index is 11.6. The Balaban J connectivity index is 2.35. The predicted octanol–water partition coefficient (Wildman–Crippen LogP) is -1.37. The molecule has 2 heterocycles. The zero-order chi connectivity index (χ0) is 12.6. The van der Waals surface area contributed by atoms with Crippen molar-refractivity contribution in [2.45, 2.75) is 18.4 Å². The number of hydrogen-bond donors (Lipinski definition) is 3. The van der Waals surface area contributed by atoms with Gasteiger partial charge >= 0.3 is 5.69 Å². The molecular formula is C10H13N3O4. The summed E-state index contributed by atoms with van der Waals surface area (Å²) in [5, 5.41) is 18.7. The highest BCUT2D eigenvalue weighted by atomic mass is 16.5. The van der Waals surface area contributed by atoms with Crippen LogP contribution in [0.4, 0.5) is 5.82 Å². The molecule has 17 heavy (non-hydrogen) atoms. The fourth-order valence-corrected chi connectivity index (χ4v) is 1.70. The molecule has 0 spiro atoms. The van der Waals surface area contributed by atoms with E-state index >= 15 is 0 Å². The van der Waals surface area contributed by atoms with Gasteiger partial charge in [-0.05, 0) is 6.07 Å². The smallest absolute Gasteiger partial charge is 0.351 e. The monoisotopic (exact) mass is 239 g/mol. The van der Waals surface area contributed by atoms with Gasteiger partial charge in [0.15, 0.2) is 6.23 Å². The summed E-state index contributed by atoms with van der Waals surface area (Å²) in [6.45, 7) is 3.30. The number of aliphatic hydroxyl groups excluding tert-OH is 2. The molecule has 7 heteroatoms. The molecule has 1 saturated heterocycles. The SMILES string of the molecule is C=C1[C@H](O)[C@H](CO)O[C@@H]1n1ccc(N)nc1=O. The number of anilines is 1. The predicted molar refractivity (Wildman–Crippen MR) is 59.1 cm³/mol. The summed E-state index contributed by atoms with van der Waals surface area (Å²) in [7, 11) is 0. The molecule has 4 N–H and O–H groups in total. The minimum atomic E-state index is -1.01. The molecule has 0 unspecified atom stereocenters. The fraction of sp³-hybridized carbons (Fsp3) is 0.400. The average molecular weight is 239 g/mol. The zero-order valence-electron chi connectivity index (χ0n) is 8.98. The molecule has 1 fully saturated rings. The summed E-state index contributed by atoms with van der Waals surface area (Å²) < 4.78 is 6.49. The highest BCUT2D eigenvalue weighted by Gasteiger charge is 2.38. The Morgan fingerprint density at radius 2 is 2.35 bits per heavy atom. The molecule has 1 aromatic heterocycles. The van der Waals surface area contributed by atoms with Gasteiger partial charge in [0.1, 0.15) is 18.0 Å². The van der Waals surface area contributed by atoms with E-state index < -0.39 is 24.1 Å². The van der Waals surface area contributed by atoms with Crippen LogP contribution in [-0.4, -0.2) is 38.6 Å². The van der Waals surface area contributed by atoms with Gasteiger partial charge in [-0.1, -0.05) is 6.58 Å². The molecular weight excluding hydrogens is 226 g/mol. The molecule has 92 valence electrons. The molecule has 1 aromatic rings. The van der Waals surface area contributed by atoms with Crippen molar-refractivity contribution in [2.24, 2.45) is 0 Å². The van der Waals surface area contributed by atoms with Gasteiger partial charge in [-0.2, -0.15) is 4.98 Å². The Morgan fingerprint density at radius 3 is 2.88 bits per heavy atom. The Kier molecular flexibility index (Phi) is 2.97. The summed E-state index contributed by atoms with van der Waals surface area (Å²) in [6, 6.07) is 1.44. The van der Waals surface area contributed by atoms with Crippen LogP contribution in [0.5, 0.6) is 0 Å². The van der Waals surface area contributed by atoms with E-state index in [1.165, 1.54) is 12.3 Å². The van der Waals surface area contributed by atoms with Crippen molar-refractivity contribution < 1.29 is 14.9 Å². The lowest BCUT2D eigenvalue weighted by atomic mass is 10.1. The molecule has 0 bridgehead atoms. The highest BCUT2D eigenvalue weighted by molar-refractivity contribution is 5.24. The number of aromatic nitrogens is 2. The fourth-order valence-electron chi connectivity index (χ4n) is 1.70. The number of nitrogen functional groups attached to an aromatic ring is 1. The maximum absolute atomic E-state index is 11.6. The third-order valence-corrected chi connectivity index (χ3v) is 2.64. The van der Waals surface area contributed by atoms with Gasteiger partial charge in [0.25, 0.3) is 0 Å². The van der Waals surface area contributed by atoms with E-state index in [-0.39, 0.29) is 12.4 Å². The quantitative estimate of drug-likeness (QED) is 0.549. The van der Waals surface area contributed by atoms with Crippen LogP contribution in [0.15, 0.2) is 29.2 Å². The van der Waals surface area contributed by atoms with Gasteiger partial charge in [0, 0.05) is 11.8 Å². The molecule has 0 aliphatic carbocycles. The van der Waals surface area contributed by atoms with Crippen LogP contribution >= 0.6 is 0 Å². The number of aliphatic hydroxyl groups is 2. The molecule has 0 aromatic carbocycles. The summed E-state index contributed by atoms with van der Waals surface area (Å²) in [5.41, 5.74) is 5.07. The van der Waals surface area contributed by atoms with Gasteiger partial charge < -0.3 is 20.7 Å². The van der Waals surface area contributed by atoms with E-state index in [1.54, 1.807) is 0 Å². The molecule has 3 atom stereocenters. The highest BCUT2D eigenvalue weighted by Crippen LogP contribution is 2.31. The van der Waals surface area contributed by atoms with Crippen molar-refractivity contribution in [3.05, 3.63) is 34.9 Å². The normalized spacial score (nSPS) is 28.6. The first-order chi connectivity index (χ1) is 8.04. The van der Waals surface area contributed by atoms with E-state index in [9.17, 15) is 9.90 Å². The molecule has 0 radical (unpaired) electrons. The van der Waals surface area contributed by atoms with Crippen molar-refractivity contribution in [3.8, 4) is 0 Å². The average Bonchev–Trinajstić information content (AvgIpc) is 2.57. The number of nitrogens with two attached hydrogens (primary N) is 1. The minimum absolute atomic E-state index is 0.106. The third kappa shape index (κ3) is 1.95. The van der Waals surface area contributed by atoms with E-state index in [0.29, 0.717) is 5.57 Å². The zero-order valence-corrected chi connectivity index (χ0v) is 8.98. The van der Waals surface area contributed by atoms with E-state index in [1.807, 2.05) is 0 Å². The van der Waals surface area contributed by atoms with Crippen molar-refractivity contribution in [1.82, 2.24) is 9.55 Å². The first-order valence-corrected chi connectivity index (χ1v) is 5.02. The number of rotatable bonds is 2. The van der Waals surface area contributed by atoms with Crippen LogP contribution < -0.4 is 11.4 Å². The third-order valence-electron chi connectivity index (χ3n) is 2.64. The van der Waals surface area contributed by atoms with Crippen LogP contribution in [0.1, 0.15) is 6.23 Å². The van der Waals surface area contributed by atoms with Crippen LogP contribution in [0, 0.1) is 0 Å². The van der Waals surface area contributed by atoms with Crippen molar-refractivity contribution in [2.75, 3.05) is 12.3 Å². The largest absolute Gasteiger partial charge is 0.394 e. The van der Waals surface area contributed by atoms with Gasteiger partial charge in [-0.25, -0.2) is 4.79 Å². The van der Waals surface area contributed by atoms with Gasteiger partial charge in [0.05, 0.1) is 6.61 Å². The molecule has 0 amide bonds. The van der Waals surface area contributed by atoms with Crippen LogP contribution in [-0.2, 0) is 4.74 Å². The van der Waals surface area contributed by atoms with Crippen LogP contribution in [0.3, 0.4) is 0 Å².